The van der Waals surface area contributed by atoms with Crippen LogP contribution >= 0.6 is 35.3 Å². The lowest BCUT2D eigenvalue weighted by atomic mass is 10.2. The Morgan fingerprint density at radius 3 is 3.00 bits per heavy atom. The zero-order valence-corrected chi connectivity index (χ0v) is 13.8. The molecule has 2 rings (SSSR count). The third-order valence-corrected chi connectivity index (χ3v) is 4.67. The molecule has 0 radical (unpaired) electrons. The van der Waals surface area contributed by atoms with E-state index in [1.54, 1.807) is 11.3 Å². The van der Waals surface area contributed by atoms with Gasteiger partial charge in [-0.15, -0.1) is 0 Å². The molecule has 5 heteroatoms. The molecule has 0 aliphatic heterocycles. The van der Waals surface area contributed by atoms with Gasteiger partial charge in [-0.25, -0.2) is 0 Å². The summed E-state index contributed by atoms with van der Waals surface area (Å²) in [5.74, 6) is 2.12. The van der Waals surface area contributed by atoms with Crippen molar-refractivity contribution in [2.45, 2.75) is 12.7 Å². The van der Waals surface area contributed by atoms with Gasteiger partial charge < -0.3 is 10.6 Å². The third kappa shape index (κ3) is 5.53. The number of aryl methyl sites for hydroxylation is 1. The summed E-state index contributed by atoms with van der Waals surface area (Å²) in [6.45, 7) is 2.95. The molecule has 0 amide bonds. The number of hydrogen-bond acceptors (Lipinski definition) is 3. The Morgan fingerprint density at radius 2 is 2.25 bits per heavy atom. The van der Waals surface area contributed by atoms with Crippen molar-refractivity contribution in [3.05, 3.63) is 52.2 Å². The second-order valence-corrected chi connectivity index (χ2v) is 6.73. The first-order valence-corrected chi connectivity index (χ1v) is 8.95. The number of thiocarbonyl (C=S) groups is 1. The van der Waals surface area contributed by atoms with Crippen LogP contribution in [0.3, 0.4) is 0 Å². The van der Waals surface area contributed by atoms with Crippen LogP contribution in [0.5, 0.6) is 0 Å². The lowest BCUT2D eigenvalue weighted by molar-refractivity contribution is 0.990. The van der Waals surface area contributed by atoms with Crippen molar-refractivity contribution in [2.24, 2.45) is 0 Å². The van der Waals surface area contributed by atoms with Gasteiger partial charge in [-0.3, -0.25) is 0 Å². The van der Waals surface area contributed by atoms with Gasteiger partial charge in [-0.05, 0) is 59.2 Å². The van der Waals surface area contributed by atoms with Crippen molar-refractivity contribution < 1.29 is 0 Å². The Kier molecular flexibility index (Phi) is 6.36. The largest absolute Gasteiger partial charge is 0.362 e. The van der Waals surface area contributed by atoms with Gasteiger partial charge in [0.05, 0.1) is 0 Å². The SMILES string of the molecule is Cc1cccc(NC(=S)NCCSCc2ccsc2)c1. The van der Waals surface area contributed by atoms with Crippen LogP contribution in [0.2, 0.25) is 0 Å². The topological polar surface area (TPSA) is 24.1 Å². The lowest BCUT2D eigenvalue weighted by Crippen LogP contribution is -2.30. The van der Waals surface area contributed by atoms with E-state index in [1.165, 1.54) is 11.1 Å². The highest BCUT2D eigenvalue weighted by Gasteiger charge is 1.98. The number of anilines is 1. The van der Waals surface area contributed by atoms with Crippen molar-refractivity contribution in [2.75, 3.05) is 17.6 Å². The molecular formula is C15H18N2S3. The van der Waals surface area contributed by atoms with E-state index in [1.807, 2.05) is 23.9 Å². The highest BCUT2D eigenvalue weighted by Crippen LogP contribution is 2.14. The summed E-state index contributed by atoms with van der Waals surface area (Å²) in [7, 11) is 0. The fourth-order valence-electron chi connectivity index (χ4n) is 1.70. The minimum Gasteiger partial charge on any atom is -0.362 e. The van der Waals surface area contributed by atoms with E-state index in [0.717, 1.165) is 23.7 Å². The van der Waals surface area contributed by atoms with Crippen LogP contribution in [0, 0.1) is 6.92 Å². The minimum atomic E-state index is 0.687. The summed E-state index contributed by atoms with van der Waals surface area (Å²) in [6.07, 6.45) is 0. The minimum absolute atomic E-state index is 0.687. The van der Waals surface area contributed by atoms with Crippen LogP contribution in [-0.4, -0.2) is 17.4 Å². The van der Waals surface area contributed by atoms with E-state index >= 15 is 0 Å². The Bertz CT molecular complexity index is 538. The molecule has 0 fully saturated rings. The van der Waals surface area contributed by atoms with E-state index in [-0.39, 0.29) is 0 Å². The van der Waals surface area contributed by atoms with Crippen LogP contribution < -0.4 is 10.6 Å². The second kappa shape index (κ2) is 8.29. The molecule has 0 atom stereocenters. The van der Waals surface area contributed by atoms with Gasteiger partial charge in [0.1, 0.15) is 0 Å². The van der Waals surface area contributed by atoms with E-state index < -0.39 is 0 Å². The Labute approximate surface area is 134 Å². The Morgan fingerprint density at radius 1 is 1.35 bits per heavy atom. The molecule has 2 nitrogen and oxygen atoms in total. The molecule has 1 heterocycles. The summed E-state index contributed by atoms with van der Waals surface area (Å²) in [5, 5.41) is 11.4. The van der Waals surface area contributed by atoms with Crippen LogP contribution in [0.25, 0.3) is 0 Å². The first kappa shape index (κ1) is 15.4. The van der Waals surface area contributed by atoms with Crippen LogP contribution in [-0.2, 0) is 5.75 Å². The Hall–Kier alpha value is -1.04. The normalized spacial score (nSPS) is 10.2. The summed E-state index contributed by atoms with van der Waals surface area (Å²) in [6, 6.07) is 10.4. The molecule has 0 spiro atoms. The maximum Gasteiger partial charge on any atom is 0.170 e. The maximum absolute atomic E-state index is 5.28. The summed E-state index contributed by atoms with van der Waals surface area (Å²) in [4.78, 5) is 0. The van der Waals surface area contributed by atoms with Crippen molar-refractivity contribution in [3.63, 3.8) is 0 Å². The number of nitrogens with one attached hydrogen (secondary N) is 2. The van der Waals surface area contributed by atoms with Crippen molar-refractivity contribution >= 4 is 46.1 Å². The third-order valence-electron chi connectivity index (χ3n) is 2.66. The molecule has 1 aromatic carbocycles. The van der Waals surface area contributed by atoms with Gasteiger partial charge in [0, 0.05) is 23.7 Å². The predicted molar refractivity (Wildman–Crippen MR) is 95.9 cm³/mol. The number of hydrogen-bond donors (Lipinski definition) is 2. The predicted octanol–water partition coefficient (Wildman–Crippen LogP) is 4.28. The molecule has 2 N–H and O–H groups in total. The molecule has 0 aliphatic rings. The average Bonchev–Trinajstić information content (AvgIpc) is 2.91. The monoisotopic (exact) mass is 322 g/mol. The lowest BCUT2D eigenvalue weighted by Gasteiger charge is -2.10. The van der Waals surface area contributed by atoms with E-state index in [0.29, 0.717) is 5.11 Å². The molecule has 0 aliphatic carbocycles. The smallest absolute Gasteiger partial charge is 0.170 e. The van der Waals surface area contributed by atoms with Gasteiger partial charge in [0.15, 0.2) is 5.11 Å². The molecule has 0 saturated heterocycles. The summed E-state index contributed by atoms with van der Waals surface area (Å²) in [5.41, 5.74) is 3.66. The maximum atomic E-state index is 5.28. The summed E-state index contributed by atoms with van der Waals surface area (Å²) >= 11 is 8.95. The van der Waals surface area contributed by atoms with Gasteiger partial charge in [0.2, 0.25) is 0 Å². The fourth-order valence-corrected chi connectivity index (χ4v) is 3.50. The molecule has 1 aromatic heterocycles. The second-order valence-electron chi connectivity index (χ2n) is 4.43. The quantitative estimate of drug-likeness (QED) is 0.612. The number of thiophene rings is 1. The summed E-state index contributed by atoms with van der Waals surface area (Å²) < 4.78 is 0. The molecule has 20 heavy (non-hydrogen) atoms. The number of rotatable bonds is 6. The van der Waals surface area contributed by atoms with Gasteiger partial charge in [-0.1, -0.05) is 12.1 Å². The standard InChI is InChI=1S/C15H18N2S3/c1-12-3-2-4-14(9-12)17-15(18)16-6-8-20-11-13-5-7-19-10-13/h2-5,7,9-10H,6,8,11H2,1H3,(H2,16,17,18). The van der Waals surface area contributed by atoms with Crippen molar-refractivity contribution in [1.29, 1.82) is 0 Å². The molecule has 2 aromatic rings. The first-order chi connectivity index (χ1) is 9.74. The van der Waals surface area contributed by atoms with E-state index in [2.05, 4.69) is 46.5 Å². The fraction of sp³-hybridized carbons (Fsp3) is 0.267. The average molecular weight is 323 g/mol. The van der Waals surface area contributed by atoms with Crippen LogP contribution in [0.1, 0.15) is 11.1 Å². The van der Waals surface area contributed by atoms with Gasteiger partial charge >= 0.3 is 0 Å². The zero-order chi connectivity index (χ0) is 14.2. The molecule has 0 bridgehead atoms. The molecular weight excluding hydrogens is 304 g/mol. The van der Waals surface area contributed by atoms with Gasteiger partial charge in [0.25, 0.3) is 0 Å². The van der Waals surface area contributed by atoms with E-state index in [9.17, 15) is 0 Å². The first-order valence-electron chi connectivity index (χ1n) is 6.44. The molecule has 0 unspecified atom stereocenters. The molecule has 0 saturated carbocycles. The van der Waals surface area contributed by atoms with Crippen LogP contribution in [0.4, 0.5) is 5.69 Å². The van der Waals surface area contributed by atoms with Crippen LogP contribution in [0.15, 0.2) is 41.1 Å². The van der Waals surface area contributed by atoms with Gasteiger partial charge in [-0.2, -0.15) is 23.1 Å². The molecule has 106 valence electrons. The zero-order valence-electron chi connectivity index (χ0n) is 11.4. The highest BCUT2D eigenvalue weighted by atomic mass is 32.2. The van der Waals surface area contributed by atoms with Crippen molar-refractivity contribution in [1.82, 2.24) is 5.32 Å². The number of thioether (sulfide) groups is 1. The van der Waals surface area contributed by atoms with Crippen molar-refractivity contribution in [3.8, 4) is 0 Å². The number of benzene rings is 1. The Balaban J connectivity index is 1.60. The van der Waals surface area contributed by atoms with E-state index in [4.69, 9.17) is 12.2 Å². The highest BCUT2D eigenvalue weighted by molar-refractivity contribution is 7.98.